The maximum Gasteiger partial charge on any atom is 0.264 e. The van der Waals surface area contributed by atoms with Crippen LogP contribution >= 0.6 is 11.3 Å². The van der Waals surface area contributed by atoms with Gasteiger partial charge >= 0.3 is 0 Å². The van der Waals surface area contributed by atoms with Gasteiger partial charge in [-0.15, -0.1) is 11.3 Å². The lowest BCUT2D eigenvalue weighted by molar-refractivity contribution is 0.0741. The summed E-state index contributed by atoms with van der Waals surface area (Å²) in [4.78, 5) is 23.6. The Morgan fingerprint density at radius 3 is 2.86 bits per heavy atom. The predicted molar refractivity (Wildman–Crippen MR) is 113 cm³/mol. The zero-order chi connectivity index (χ0) is 19.3. The van der Waals surface area contributed by atoms with Gasteiger partial charge in [-0.1, -0.05) is 13.8 Å². The van der Waals surface area contributed by atoms with Gasteiger partial charge in [-0.3, -0.25) is 4.79 Å². The number of nitrogens with one attached hydrogen (secondary N) is 2. The van der Waals surface area contributed by atoms with Gasteiger partial charge in [0.05, 0.1) is 20.8 Å². The average Bonchev–Trinajstić information content (AvgIpc) is 3.40. The number of fused-ring (bicyclic) bond motifs is 2. The summed E-state index contributed by atoms with van der Waals surface area (Å²) in [5.74, 6) is 0.496. The summed E-state index contributed by atoms with van der Waals surface area (Å²) in [6, 6.07) is 6.17. The van der Waals surface area contributed by atoms with E-state index in [-0.39, 0.29) is 5.91 Å². The molecule has 4 aromatic heterocycles. The fourth-order valence-electron chi connectivity index (χ4n) is 3.98. The Morgan fingerprint density at radius 1 is 1.25 bits per heavy atom. The Labute approximate surface area is 167 Å². The number of nitrogens with zero attached hydrogens (tertiary/aromatic N) is 3. The van der Waals surface area contributed by atoms with Gasteiger partial charge in [0.15, 0.2) is 0 Å². The smallest absolute Gasteiger partial charge is 0.264 e. The van der Waals surface area contributed by atoms with E-state index in [2.05, 4.69) is 41.4 Å². The van der Waals surface area contributed by atoms with Crippen LogP contribution in [0.5, 0.6) is 0 Å². The largest absolute Gasteiger partial charge is 0.354 e. The molecule has 5 rings (SSSR count). The summed E-state index contributed by atoms with van der Waals surface area (Å²) in [6.07, 6.45) is 5.88. The number of carbonyl (C=O) groups excluding carboxylic acids is 1. The minimum absolute atomic E-state index is 0.146. The lowest BCUT2D eigenvalue weighted by Gasteiger charge is -2.26. The monoisotopic (exact) mass is 393 g/mol. The van der Waals surface area contributed by atoms with E-state index in [1.54, 1.807) is 11.3 Å². The molecule has 5 heterocycles. The lowest BCUT2D eigenvalue weighted by atomic mass is 10.00. The van der Waals surface area contributed by atoms with E-state index in [1.165, 1.54) is 10.3 Å². The molecule has 4 aromatic rings. The van der Waals surface area contributed by atoms with Crippen LogP contribution in [0.25, 0.3) is 27.1 Å². The van der Waals surface area contributed by atoms with Crippen LogP contribution in [0, 0.1) is 0 Å². The summed E-state index contributed by atoms with van der Waals surface area (Å²) >= 11 is 1.61. The van der Waals surface area contributed by atoms with Crippen molar-refractivity contribution in [1.29, 1.82) is 0 Å². The third-order valence-corrected chi connectivity index (χ3v) is 6.53. The molecule has 1 aliphatic heterocycles. The molecule has 0 bridgehead atoms. The van der Waals surface area contributed by atoms with E-state index in [0.717, 1.165) is 53.5 Å². The molecular weight excluding hydrogens is 370 g/mol. The van der Waals surface area contributed by atoms with Gasteiger partial charge < -0.3 is 19.6 Å². The van der Waals surface area contributed by atoms with Crippen LogP contribution in [0.2, 0.25) is 0 Å². The standard InChI is InChI=1S/C21H23N5OS/c1-13(2)18-19(14-3-4-17-23-7-10-26(17)12-14)24-15-11-16(28-20(15)18)21(27)25-8-5-22-6-9-25/h3-4,7,10-13,22,24H,5-6,8-9H2,1-2H3. The number of aromatic nitrogens is 3. The van der Waals surface area contributed by atoms with E-state index < -0.39 is 0 Å². The molecular formula is C21H23N5OS. The number of rotatable bonds is 3. The second-order valence-electron chi connectivity index (χ2n) is 7.57. The van der Waals surface area contributed by atoms with E-state index in [1.807, 2.05) is 33.8 Å². The summed E-state index contributed by atoms with van der Waals surface area (Å²) in [7, 11) is 0. The highest BCUT2D eigenvalue weighted by molar-refractivity contribution is 7.21. The Hall–Kier alpha value is -2.64. The lowest BCUT2D eigenvalue weighted by Crippen LogP contribution is -2.46. The van der Waals surface area contributed by atoms with Gasteiger partial charge in [0.25, 0.3) is 5.91 Å². The molecule has 0 saturated carbocycles. The maximum atomic E-state index is 12.9. The predicted octanol–water partition coefficient (Wildman–Crippen LogP) is 3.71. The van der Waals surface area contributed by atoms with Gasteiger partial charge in [0.1, 0.15) is 5.65 Å². The molecule has 0 radical (unpaired) electrons. The zero-order valence-electron chi connectivity index (χ0n) is 16.0. The van der Waals surface area contributed by atoms with Crippen molar-refractivity contribution < 1.29 is 4.79 Å². The zero-order valence-corrected chi connectivity index (χ0v) is 16.8. The normalized spacial score (nSPS) is 15.2. The first kappa shape index (κ1) is 17.5. The fourth-order valence-corrected chi connectivity index (χ4v) is 5.26. The third-order valence-electron chi connectivity index (χ3n) is 5.38. The number of hydrogen-bond donors (Lipinski definition) is 2. The van der Waals surface area contributed by atoms with E-state index in [9.17, 15) is 4.79 Å². The molecule has 6 nitrogen and oxygen atoms in total. The van der Waals surface area contributed by atoms with Crippen molar-refractivity contribution in [3.05, 3.63) is 47.2 Å². The first-order valence-corrected chi connectivity index (χ1v) is 10.5. The van der Waals surface area contributed by atoms with Gasteiger partial charge in [-0.25, -0.2) is 4.98 Å². The molecule has 0 unspecified atom stereocenters. The van der Waals surface area contributed by atoms with Crippen LogP contribution in [0.3, 0.4) is 0 Å². The summed E-state index contributed by atoms with van der Waals surface area (Å²) in [6.45, 7) is 7.70. The average molecular weight is 394 g/mol. The number of piperazine rings is 1. The number of pyridine rings is 1. The molecule has 1 aliphatic rings. The molecule has 1 fully saturated rings. The fraction of sp³-hybridized carbons (Fsp3) is 0.333. The second-order valence-corrected chi connectivity index (χ2v) is 8.63. The summed E-state index contributed by atoms with van der Waals surface area (Å²) < 4.78 is 3.22. The van der Waals surface area contributed by atoms with E-state index >= 15 is 0 Å². The van der Waals surface area contributed by atoms with Crippen LogP contribution in [0.1, 0.15) is 35.0 Å². The number of aromatic amines is 1. The van der Waals surface area contributed by atoms with Crippen LogP contribution in [0.15, 0.2) is 36.8 Å². The Kier molecular flexibility index (Phi) is 4.21. The van der Waals surface area contributed by atoms with Crippen LogP contribution < -0.4 is 5.32 Å². The third kappa shape index (κ3) is 2.82. The quantitative estimate of drug-likeness (QED) is 0.558. The topological polar surface area (TPSA) is 65.4 Å². The molecule has 0 aliphatic carbocycles. The number of carbonyl (C=O) groups is 1. The van der Waals surface area contributed by atoms with E-state index in [4.69, 9.17) is 0 Å². The van der Waals surface area contributed by atoms with Crippen LogP contribution in [-0.4, -0.2) is 51.4 Å². The molecule has 7 heteroatoms. The maximum absolute atomic E-state index is 12.9. The van der Waals surface area contributed by atoms with Gasteiger partial charge in [0.2, 0.25) is 0 Å². The molecule has 144 valence electrons. The molecule has 0 spiro atoms. The van der Waals surface area contributed by atoms with Crippen molar-refractivity contribution in [2.24, 2.45) is 0 Å². The minimum atomic E-state index is 0.146. The van der Waals surface area contributed by atoms with Crippen molar-refractivity contribution in [3.8, 4) is 11.3 Å². The molecule has 1 amide bonds. The molecule has 0 aromatic carbocycles. The van der Waals surface area contributed by atoms with Crippen LogP contribution in [-0.2, 0) is 0 Å². The Bertz CT molecular complexity index is 1160. The van der Waals surface area contributed by atoms with Gasteiger partial charge in [0, 0.05) is 50.3 Å². The summed E-state index contributed by atoms with van der Waals surface area (Å²) in [5, 5.41) is 3.30. The van der Waals surface area contributed by atoms with Crippen molar-refractivity contribution in [3.63, 3.8) is 0 Å². The number of imidazole rings is 1. The molecule has 1 saturated heterocycles. The van der Waals surface area contributed by atoms with Gasteiger partial charge in [-0.05, 0) is 29.7 Å². The highest BCUT2D eigenvalue weighted by atomic mass is 32.1. The Balaban J connectivity index is 1.58. The number of amides is 1. The van der Waals surface area contributed by atoms with Crippen molar-refractivity contribution in [2.45, 2.75) is 19.8 Å². The highest BCUT2D eigenvalue weighted by Gasteiger charge is 2.24. The summed E-state index contributed by atoms with van der Waals surface area (Å²) in [5.41, 5.74) is 5.53. The second kappa shape index (κ2) is 6.76. The van der Waals surface area contributed by atoms with Crippen LogP contribution in [0.4, 0.5) is 0 Å². The van der Waals surface area contributed by atoms with Gasteiger partial charge in [-0.2, -0.15) is 0 Å². The minimum Gasteiger partial charge on any atom is -0.354 e. The van der Waals surface area contributed by atoms with Crippen molar-refractivity contribution in [2.75, 3.05) is 26.2 Å². The number of H-pyrrole nitrogens is 1. The SMILES string of the molecule is CC(C)c1c(-c2ccc3nccn3c2)[nH]c2cc(C(=O)N3CCNCC3)sc12. The highest BCUT2D eigenvalue weighted by Crippen LogP contribution is 2.40. The number of thiophene rings is 1. The molecule has 0 atom stereocenters. The first-order valence-electron chi connectivity index (χ1n) is 9.70. The van der Waals surface area contributed by atoms with E-state index in [0.29, 0.717) is 5.92 Å². The molecule has 28 heavy (non-hydrogen) atoms. The molecule has 2 N–H and O–H groups in total. The number of hydrogen-bond acceptors (Lipinski definition) is 4. The van der Waals surface area contributed by atoms with Crippen molar-refractivity contribution >= 4 is 33.1 Å². The van der Waals surface area contributed by atoms with Crippen molar-refractivity contribution in [1.82, 2.24) is 24.6 Å². The Morgan fingerprint density at radius 2 is 2.07 bits per heavy atom. The first-order chi connectivity index (χ1) is 13.6.